The first-order valence-electron chi connectivity index (χ1n) is 6.62. The van der Waals surface area contributed by atoms with Crippen molar-refractivity contribution in [2.24, 2.45) is 0 Å². The van der Waals surface area contributed by atoms with Crippen molar-refractivity contribution in [3.8, 4) is 0 Å². The predicted octanol–water partition coefficient (Wildman–Crippen LogP) is 1.69. The molecule has 1 aromatic heterocycles. The number of nitrogens with one attached hydrogen (secondary N) is 1. The average molecular weight is 265 g/mol. The highest BCUT2D eigenvalue weighted by Gasteiger charge is 2.32. The molecule has 2 fully saturated rings. The highest BCUT2D eigenvalue weighted by Crippen LogP contribution is 2.27. The molecule has 1 aromatic rings. The zero-order valence-corrected chi connectivity index (χ0v) is 11.2. The van der Waals surface area contributed by atoms with Gasteiger partial charge in [0.15, 0.2) is 0 Å². The van der Waals surface area contributed by atoms with Crippen molar-refractivity contribution < 1.29 is 4.79 Å². The lowest BCUT2D eigenvalue weighted by Gasteiger charge is -2.35. The second kappa shape index (κ2) is 4.90. The molecule has 2 atom stereocenters. The summed E-state index contributed by atoms with van der Waals surface area (Å²) in [6.07, 6.45) is 4.75. The van der Waals surface area contributed by atoms with E-state index in [0.717, 1.165) is 19.4 Å². The van der Waals surface area contributed by atoms with E-state index < -0.39 is 0 Å². The molecular weight excluding hydrogens is 246 g/mol. The van der Waals surface area contributed by atoms with E-state index in [9.17, 15) is 4.79 Å². The molecule has 0 bridgehead atoms. The predicted molar refractivity (Wildman–Crippen MR) is 73.8 cm³/mol. The van der Waals surface area contributed by atoms with E-state index in [-0.39, 0.29) is 5.91 Å². The number of amides is 1. The van der Waals surface area contributed by atoms with Gasteiger partial charge in [0.05, 0.1) is 5.69 Å². The first-order valence-corrected chi connectivity index (χ1v) is 7.50. The van der Waals surface area contributed by atoms with Crippen LogP contribution in [0.15, 0.2) is 11.4 Å². The van der Waals surface area contributed by atoms with E-state index in [1.165, 1.54) is 30.7 Å². The summed E-state index contributed by atoms with van der Waals surface area (Å²) >= 11 is 1.42. The van der Waals surface area contributed by atoms with Crippen LogP contribution >= 0.6 is 11.3 Å². The Morgan fingerprint density at radius 2 is 2.33 bits per heavy atom. The third kappa shape index (κ3) is 2.24. The summed E-state index contributed by atoms with van der Waals surface area (Å²) in [5.41, 5.74) is 6.37. The number of fused-ring (bicyclic) bond motifs is 1. The molecule has 5 heteroatoms. The molecule has 2 aliphatic heterocycles. The van der Waals surface area contributed by atoms with Gasteiger partial charge in [-0.05, 0) is 43.7 Å². The molecule has 98 valence electrons. The second-order valence-corrected chi connectivity index (χ2v) is 6.15. The smallest absolute Gasteiger partial charge is 0.263 e. The fourth-order valence-electron chi connectivity index (χ4n) is 3.11. The molecule has 2 saturated heterocycles. The normalized spacial score (nSPS) is 28.0. The van der Waals surface area contributed by atoms with Gasteiger partial charge in [0.1, 0.15) is 4.88 Å². The Hall–Kier alpha value is -1.07. The van der Waals surface area contributed by atoms with Gasteiger partial charge in [-0.2, -0.15) is 0 Å². The maximum Gasteiger partial charge on any atom is 0.263 e. The number of nitrogens with zero attached hydrogens (tertiary/aromatic N) is 1. The van der Waals surface area contributed by atoms with Crippen molar-refractivity contribution in [3.63, 3.8) is 0 Å². The summed E-state index contributed by atoms with van der Waals surface area (Å²) in [5, 5.41) is 5.00. The van der Waals surface area contributed by atoms with E-state index >= 15 is 0 Å². The van der Waals surface area contributed by atoms with Gasteiger partial charge in [-0.25, -0.2) is 0 Å². The fraction of sp³-hybridized carbons (Fsp3) is 0.615. The van der Waals surface area contributed by atoms with E-state index in [1.54, 1.807) is 6.07 Å². The minimum atomic E-state index is -0.000975. The maximum atomic E-state index is 12.1. The van der Waals surface area contributed by atoms with Crippen LogP contribution in [-0.2, 0) is 0 Å². The molecule has 1 amide bonds. The summed E-state index contributed by atoms with van der Waals surface area (Å²) in [6, 6.07) is 2.79. The zero-order chi connectivity index (χ0) is 12.5. The first kappa shape index (κ1) is 12.0. The third-order valence-electron chi connectivity index (χ3n) is 4.06. The van der Waals surface area contributed by atoms with Crippen molar-refractivity contribution >= 4 is 22.9 Å². The number of piperidine rings is 1. The number of carbonyl (C=O) groups is 1. The van der Waals surface area contributed by atoms with Gasteiger partial charge in [-0.1, -0.05) is 0 Å². The number of thiophene rings is 1. The quantitative estimate of drug-likeness (QED) is 0.855. The fourth-order valence-corrected chi connectivity index (χ4v) is 3.83. The molecule has 0 saturated carbocycles. The highest BCUT2D eigenvalue weighted by atomic mass is 32.1. The van der Waals surface area contributed by atoms with Crippen molar-refractivity contribution in [2.75, 3.05) is 18.8 Å². The van der Waals surface area contributed by atoms with E-state index in [0.29, 0.717) is 22.6 Å². The minimum Gasteiger partial charge on any atom is -0.397 e. The summed E-state index contributed by atoms with van der Waals surface area (Å²) < 4.78 is 0. The molecule has 4 nitrogen and oxygen atoms in total. The minimum absolute atomic E-state index is 0.000975. The number of rotatable bonds is 2. The molecule has 2 aliphatic rings. The Labute approximate surface area is 111 Å². The van der Waals surface area contributed by atoms with Gasteiger partial charge < -0.3 is 16.0 Å². The van der Waals surface area contributed by atoms with Crippen molar-refractivity contribution in [3.05, 3.63) is 16.3 Å². The molecule has 0 aromatic carbocycles. The van der Waals surface area contributed by atoms with Crippen LogP contribution in [0.3, 0.4) is 0 Å². The zero-order valence-electron chi connectivity index (χ0n) is 10.4. The molecule has 0 aliphatic carbocycles. The van der Waals surface area contributed by atoms with Crippen LogP contribution in [0.5, 0.6) is 0 Å². The molecule has 2 unspecified atom stereocenters. The lowest BCUT2D eigenvalue weighted by Crippen LogP contribution is -2.47. The highest BCUT2D eigenvalue weighted by molar-refractivity contribution is 7.12. The lowest BCUT2D eigenvalue weighted by molar-refractivity contribution is 0.0901. The number of nitrogen functional groups attached to an aromatic ring is 1. The Kier molecular flexibility index (Phi) is 3.26. The standard InChI is InChI=1S/C13H19N3OS/c14-11-4-7-18-12(11)13(17)15-9-3-6-16-5-1-2-10(16)8-9/h4,7,9-10H,1-3,5-6,8,14H2,(H,15,17). The van der Waals surface area contributed by atoms with Crippen molar-refractivity contribution in [1.82, 2.24) is 10.2 Å². The number of nitrogens with two attached hydrogens (primary N) is 1. The van der Waals surface area contributed by atoms with Crippen LogP contribution in [0.4, 0.5) is 5.69 Å². The van der Waals surface area contributed by atoms with Gasteiger partial charge in [-0.15, -0.1) is 11.3 Å². The van der Waals surface area contributed by atoms with Crippen LogP contribution in [-0.4, -0.2) is 36.0 Å². The summed E-state index contributed by atoms with van der Waals surface area (Å²) in [6.45, 7) is 2.36. The Morgan fingerprint density at radius 1 is 1.44 bits per heavy atom. The summed E-state index contributed by atoms with van der Waals surface area (Å²) in [5.74, 6) is -0.000975. The van der Waals surface area contributed by atoms with E-state index in [2.05, 4.69) is 10.2 Å². The second-order valence-electron chi connectivity index (χ2n) is 5.23. The van der Waals surface area contributed by atoms with Crippen LogP contribution in [0.25, 0.3) is 0 Å². The van der Waals surface area contributed by atoms with Gasteiger partial charge in [0, 0.05) is 18.6 Å². The largest absolute Gasteiger partial charge is 0.397 e. The molecule has 0 radical (unpaired) electrons. The van der Waals surface area contributed by atoms with E-state index in [1.807, 2.05) is 5.38 Å². The number of anilines is 1. The van der Waals surface area contributed by atoms with Gasteiger partial charge in [-0.3, -0.25) is 4.79 Å². The third-order valence-corrected chi connectivity index (χ3v) is 4.99. The van der Waals surface area contributed by atoms with Crippen molar-refractivity contribution in [2.45, 2.75) is 37.8 Å². The molecular formula is C13H19N3OS. The van der Waals surface area contributed by atoms with Crippen LogP contribution in [0.1, 0.15) is 35.4 Å². The van der Waals surface area contributed by atoms with Gasteiger partial charge in [0.25, 0.3) is 5.91 Å². The maximum absolute atomic E-state index is 12.1. The molecule has 18 heavy (non-hydrogen) atoms. The number of carbonyl (C=O) groups excluding carboxylic acids is 1. The molecule has 3 N–H and O–H groups in total. The SMILES string of the molecule is Nc1ccsc1C(=O)NC1CCN2CCCC2C1. The lowest BCUT2D eigenvalue weighted by atomic mass is 9.97. The Bertz CT molecular complexity index is 445. The summed E-state index contributed by atoms with van der Waals surface area (Å²) in [7, 11) is 0. The number of hydrogen-bond donors (Lipinski definition) is 2. The number of hydrogen-bond acceptors (Lipinski definition) is 4. The molecule has 3 heterocycles. The van der Waals surface area contributed by atoms with Crippen molar-refractivity contribution in [1.29, 1.82) is 0 Å². The van der Waals surface area contributed by atoms with Crippen LogP contribution in [0.2, 0.25) is 0 Å². The first-order chi connectivity index (χ1) is 8.74. The monoisotopic (exact) mass is 265 g/mol. The van der Waals surface area contributed by atoms with Gasteiger partial charge >= 0.3 is 0 Å². The summed E-state index contributed by atoms with van der Waals surface area (Å²) in [4.78, 5) is 15.3. The average Bonchev–Trinajstić information content (AvgIpc) is 2.96. The van der Waals surface area contributed by atoms with Crippen LogP contribution < -0.4 is 11.1 Å². The topological polar surface area (TPSA) is 58.4 Å². The molecule has 3 rings (SSSR count). The Balaban J connectivity index is 1.60. The molecule has 0 spiro atoms. The Morgan fingerprint density at radius 3 is 3.11 bits per heavy atom. The van der Waals surface area contributed by atoms with Crippen LogP contribution in [0, 0.1) is 0 Å². The van der Waals surface area contributed by atoms with Gasteiger partial charge in [0.2, 0.25) is 0 Å². The van der Waals surface area contributed by atoms with E-state index in [4.69, 9.17) is 5.73 Å².